The van der Waals surface area contributed by atoms with Gasteiger partial charge in [-0.1, -0.05) is 19.1 Å². The van der Waals surface area contributed by atoms with Crippen LogP contribution in [0.4, 0.5) is 8.78 Å². The lowest BCUT2D eigenvalue weighted by Gasteiger charge is -2.32. The summed E-state index contributed by atoms with van der Waals surface area (Å²) in [5.74, 6) is -1.90. The summed E-state index contributed by atoms with van der Waals surface area (Å²) >= 11 is 1.30. The predicted molar refractivity (Wildman–Crippen MR) is 175 cm³/mol. The molecule has 254 valence electrons. The fourth-order valence-corrected chi connectivity index (χ4v) is 7.13. The average Bonchev–Trinajstić information content (AvgIpc) is 3.87. The number of esters is 1. The first kappa shape index (κ1) is 35.9. The summed E-state index contributed by atoms with van der Waals surface area (Å²) in [4.78, 5) is 17.3. The molecule has 2 aromatic heterocycles. The van der Waals surface area contributed by atoms with Crippen LogP contribution in [0, 0.1) is 36.8 Å². The summed E-state index contributed by atoms with van der Waals surface area (Å²) in [6.07, 6.45) is 5.01. The maximum absolute atomic E-state index is 15.3. The molecule has 0 spiro atoms. The van der Waals surface area contributed by atoms with E-state index in [4.69, 9.17) is 15.0 Å². The van der Waals surface area contributed by atoms with Crippen molar-refractivity contribution >= 4 is 17.3 Å². The molecule has 49 heavy (non-hydrogen) atoms. The molecule has 6 rings (SSSR count). The Balaban J connectivity index is 0.00000468. The Kier molecular flexibility index (Phi) is 11.0. The number of benzene rings is 3. The SMILES string of the molecule is Cc1cc(C[n+]2cnn(C[C@](O)(c3cc(F)ccc3F)[C@@H](C)c3nc(-c4ccc(C#N)cc4)cs3)c2)cc(C)c1OC(=O)C1CCCN1.[Br-]. The molecule has 3 aromatic carbocycles. The summed E-state index contributed by atoms with van der Waals surface area (Å²) in [5.41, 5.74) is 2.45. The second-order valence-corrected chi connectivity index (χ2v) is 13.2. The summed E-state index contributed by atoms with van der Waals surface area (Å²) in [6, 6.07) is 15.7. The molecular weight excluding hydrogens is 714 g/mol. The average molecular weight is 750 g/mol. The van der Waals surface area contributed by atoms with E-state index >= 15 is 4.39 Å². The zero-order valence-corrected chi connectivity index (χ0v) is 29.6. The molecule has 0 radical (unpaired) electrons. The zero-order valence-electron chi connectivity index (χ0n) is 27.2. The minimum Gasteiger partial charge on any atom is -1.00 e. The van der Waals surface area contributed by atoms with Crippen LogP contribution in [0.5, 0.6) is 5.75 Å². The van der Waals surface area contributed by atoms with Crippen LogP contribution in [-0.2, 0) is 23.5 Å². The number of nitrogens with zero attached hydrogens (tertiary/aromatic N) is 5. The number of rotatable bonds is 10. The van der Waals surface area contributed by atoms with E-state index < -0.39 is 23.2 Å². The predicted octanol–water partition coefficient (Wildman–Crippen LogP) is 2.46. The monoisotopic (exact) mass is 748 g/mol. The van der Waals surface area contributed by atoms with Crippen molar-refractivity contribution in [2.75, 3.05) is 6.54 Å². The van der Waals surface area contributed by atoms with Gasteiger partial charge >= 0.3 is 5.97 Å². The lowest BCUT2D eigenvalue weighted by molar-refractivity contribution is -0.689. The molecule has 1 fully saturated rings. The number of hydrogen-bond donors (Lipinski definition) is 2. The van der Waals surface area contributed by atoms with Crippen molar-refractivity contribution in [1.82, 2.24) is 20.1 Å². The normalized spacial score (nSPS) is 16.0. The number of aryl methyl sites for hydroxylation is 2. The molecule has 0 aliphatic carbocycles. The molecule has 1 unspecified atom stereocenters. The van der Waals surface area contributed by atoms with E-state index in [9.17, 15) is 14.3 Å². The fraction of sp³-hybridized carbons (Fsp3) is 0.306. The van der Waals surface area contributed by atoms with Gasteiger partial charge in [0.25, 0.3) is 6.33 Å². The summed E-state index contributed by atoms with van der Waals surface area (Å²) in [6.45, 7) is 6.58. The van der Waals surface area contributed by atoms with Crippen molar-refractivity contribution in [2.24, 2.45) is 0 Å². The lowest BCUT2D eigenvalue weighted by Crippen LogP contribution is -3.00. The van der Waals surface area contributed by atoms with Crippen molar-refractivity contribution in [3.05, 3.63) is 117 Å². The van der Waals surface area contributed by atoms with Crippen LogP contribution in [0.1, 0.15) is 58.5 Å². The van der Waals surface area contributed by atoms with E-state index in [1.807, 2.05) is 35.9 Å². The van der Waals surface area contributed by atoms with E-state index in [0.29, 0.717) is 28.6 Å². The second kappa shape index (κ2) is 15.0. The van der Waals surface area contributed by atoms with Gasteiger partial charge in [-0.2, -0.15) is 5.26 Å². The van der Waals surface area contributed by atoms with Crippen molar-refractivity contribution in [1.29, 1.82) is 5.26 Å². The van der Waals surface area contributed by atoms with Gasteiger partial charge in [0.05, 0.1) is 28.9 Å². The van der Waals surface area contributed by atoms with Gasteiger partial charge in [-0.3, -0.25) is 0 Å². The number of carbonyl (C=O) groups excluding carboxylic acids is 1. The molecule has 9 nitrogen and oxygen atoms in total. The molecule has 1 aliphatic rings. The van der Waals surface area contributed by atoms with E-state index in [1.54, 1.807) is 43.8 Å². The fourth-order valence-electron chi connectivity index (χ4n) is 6.16. The molecule has 0 bridgehead atoms. The topological polar surface area (TPSA) is 117 Å². The molecule has 1 aliphatic heterocycles. The summed E-state index contributed by atoms with van der Waals surface area (Å²) in [7, 11) is 0. The first-order valence-corrected chi connectivity index (χ1v) is 16.5. The third-order valence-electron chi connectivity index (χ3n) is 8.78. The Hall–Kier alpha value is -4.35. The van der Waals surface area contributed by atoms with Gasteiger partial charge in [0.15, 0.2) is 0 Å². The summed E-state index contributed by atoms with van der Waals surface area (Å²) < 4.78 is 38.9. The smallest absolute Gasteiger partial charge is 0.328 e. The number of ether oxygens (including phenoxy) is 1. The highest BCUT2D eigenvalue weighted by Gasteiger charge is 2.43. The van der Waals surface area contributed by atoms with Crippen molar-refractivity contribution in [2.45, 2.75) is 64.3 Å². The van der Waals surface area contributed by atoms with Crippen LogP contribution >= 0.6 is 11.3 Å². The molecule has 1 saturated heterocycles. The number of aromatic nitrogens is 4. The Morgan fingerprint density at radius 2 is 1.94 bits per heavy atom. The van der Waals surface area contributed by atoms with Gasteiger partial charge in [-0.05, 0) is 92.4 Å². The number of halogens is 3. The summed E-state index contributed by atoms with van der Waals surface area (Å²) in [5, 5.41) is 31.4. The van der Waals surface area contributed by atoms with Crippen LogP contribution < -0.4 is 31.6 Å². The van der Waals surface area contributed by atoms with Crippen molar-refractivity contribution in [3.63, 3.8) is 0 Å². The molecule has 13 heteroatoms. The van der Waals surface area contributed by atoms with Gasteiger partial charge in [0.2, 0.25) is 6.33 Å². The Morgan fingerprint density at radius 3 is 2.61 bits per heavy atom. The quantitative estimate of drug-likeness (QED) is 0.128. The number of carbonyl (C=O) groups is 1. The highest BCUT2D eigenvalue weighted by atomic mass is 79.9. The van der Waals surface area contributed by atoms with E-state index in [0.717, 1.165) is 59.8 Å². The highest BCUT2D eigenvalue weighted by molar-refractivity contribution is 7.10. The minimum absolute atomic E-state index is 0. The van der Waals surface area contributed by atoms with E-state index in [2.05, 4.69) is 16.5 Å². The zero-order chi connectivity index (χ0) is 34.0. The lowest BCUT2D eigenvalue weighted by atomic mass is 9.82. The maximum atomic E-state index is 15.3. The van der Waals surface area contributed by atoms with Crippen LogP contribution in [0.15, 0.2) is 72.6 Å². The van der Waals surface area contributed by atoms with E-state index in [1.165, 1.54) is 16.0 Å². The maximum Gasteiger partial charge on any atom is 0.328 e. The first-order valence-electron chi connectivity index (χ1n) is 15.6. The highest BCUT2D eigenvalue weighted by Crippen LogP contribution is 2.41. The van der Waals surface area contributed by atoms with Crippen LogP contribution in [0.2, 0.25) is 0 Å². The molecule has 0 amide bonds. The standard InChI is InChI=1S/C36H35F2N6O3S.BrH/c1-22-13-26(14-23(2)33(22)47-35(45)31-5-4-12-40-31)17-43-20-41-44(21-43)19-36(46,29-15-28(37)10-11-30(29)38)24(3)34-42-32(18-48-34)27-8-6-25(16-39)7-9-27;/h6-11,13-15,18,20-21,24,31,40,46H,4-5,12,17,19H2,1-3H3;1H/q+1;/p-1/t24-,31?,36+;/m0./s1. The Morgan fingerprint density at radius 1 is 1.20 bits per heavy atom. The number of nitriles is 1. The molecule has 0 saturated carbocycles. The second-order valence-electron chi connectivity index (χ2n) is 12.3. The van der Waals surface area contributed by atoms with Gasteiger partial charge in [0.1, 0.15) is 35.6 Å². The van der Waals surface area contributed by atoms with Crippen LogP contribution in [0.25, 0.3) is 11.3 Å². The number of aliphatic hydroxyl groups is 1. The van der Waals surface area contributed by atoms with Gasteiger partial charge < -0.3 is 32.1 Å². The number of nitrogens with one attached hydrogen (secondary N) is 1. The Labute approximate surface area is 297 Å². The number of thiazole rings is 1. The van der Waals surface area contributed by atoms with Gasteiger partial charge in [0, 0.05) is 27.5 Å². The van der Waals surface area contributed by atoms with Gasteiger partial charge in [-0.15, -0.1) is 16.0 Å². The third kappa shape index (κ3) is 7.78. The third-order valence-corrected chi connectivity index (χ3v) is 9.81. The molecule has 2 N–H and O–H groups in total. The molecule has 3 heterocycles. The van der Waals surface area contributed by atoms with Crippen LogP contribution in [-0.4, -0.2) is 38.4 Å². The molecular formula is C36H35BrF2N6O3S. The largest absolute Gasteiger partial charge is 1.00 e. The minimum atomic E-state index is -1.93. The van der Waals surface area contributed by atoms with Crippen molar-refractivity contribution < 1.29 is 45.0 Å². The molecule has 5 aromatic rings. The number of hydrogen-bond acceptors (Lipinski definition) is 8. The molecule has 3 atom stereocenters. The first-order chi connectivity index (χ1) is 23.0. The Bertz CT molecular complexity index is 1980. The van der Waals surface area contributed by atoms with E-state index in [-0.39, 0.29) is 41.1 Å². The van der Waals surface area contributed by atoms with Gasteiger partial charge in [-0.25, -0.2) is 23.1 Å². The van der Waals surface area contributed by atoms with Crippen LogP contribution in [0.3, 0.4) is 0 Å². The van der Waals surface area contributed by atoms with Crippen molar-refractivity contribution in [3.8, 4) is 23.1 Å².